The molecule has 0 bridgehead atoms. The number of carbonyl (C=O) groups excluding carboxylic acids is 2. The normalized spacial score (nSPS) is 19.2. The summed E-state index contributed by atoms with van der Waals surface area (Å²) in [6, 6.07) is 9.29. The first-order valence-electron chi connectivity index (χ1n) is 12.0. The summed E-state index contributed by atoms with van der Waals surface area (Å²) in [6.45, 7) is -0.333. The fourth-order valence-electron chi connectivity index (χ4n) is 4.77. The number of nitrogens with two attached hydrogens (primary N) is 1. The van der Waals surface area contributed by atoms with Crippen LogP contribution in [0.4, 0.5) is 26.1 Å². The number of Topliss-reactive ketones (excluding diaryl/α,β-unsaturated/α-hetero) is 1. The summed E-state index contributed by atoms with van der Waals surface area (Å²) in [5.74, 6) is -3.65. The number of primary amides is 1. The molecule has 2 aromatic heterocycles. The number of hydrogen-bond acceptors (Lipinski definition) is 6. The van der Waals surface area contributed by atoms with E-state index in [1.807, 2.05) is 19.2 Å². The number of aromatic nitrogens is 3. The molecule has 1 aliphatic heterocycles. The first-order valence-corrected chi connectivity index (χ1v) is 12.0. The number of nitrogens with one attached hydrogen (secondary N) is 1. The van der Waals surface area contributed by atoms with E-state index in [-0.39, 0.29) is 42.5 Å². The molecule has 3 N–H and O–H groups in total. The second-order valence-corrected chi connectivity index (χ2v) is 9.81. The Labute approximate surface area is 207 Å². The van der Waals surface area contributed by atoms with Crippen molar-refractivity contribution in [2.75, 3.05) is 23.3 Å². The summed E-state index contributed by atoms with van der Waals surface area (Å²) < 4.78 is 31.3. The minimum Gasteiger partial charge on any atom is -0.364 e. The van der Waals surface area contributed by atoms with E-state index < -0.39 is 24.3 Å². The number of amides is 1. The molecule has 1 aliphatic carbocycles. The standard InChI is InChI=1S/C26H28F2N6O2/c1-33-9-8-20(14-33)31-25-23(24(29)36)30-12-22(32-25)34-13-16(11-26(27,28)15-34)10-21(35)19-6-4-18(5-7-19)17-2-3-17/h4-9,12,14,16-17H,2-3,10-11,13,15H2,1H3,(H2,29,36)(H,31,32). The van der Waals surface area contributed by atoms with E-state index in [0.29, 0.717) is 17.2 Å². The molecule has 8 nitrogen and oxygen atoms in total. The number of halogens is 2. The van der Waals surface area contributed by atoms with Gasteiger partial charge in [0.2, 0.25) is 0 Å². The number of carbonyl (C=O) groups is 2. The first-order chi connectivity index (χ1) is 17.2. The molecule has 36 heavy (non-hydrogen) atoms. The zero-order chi connectivity index (χ0) is 25.4. The maximum atomic E-state index is 14.8. The van der Waals surface area contributed by atoms with Crippen molar-refractivity contribution in [3.63, 3.8) is 0 Å². The maximum Gasteiger partial charge on any atom is 0.271 e. The molecule has 1 saturated heterocycles. The SMILES string of the molecule is Cn1ccc(Nc2nc(N3CC(CC(=O)c4ccc(C5CC5)cc4)CC(F)(F)C3)cnc2C(N)=O)c1. The zero-order valence-corrected chi connectivity index (χ0v) is 20.0. The van der Waals surface area contributed by atoms with Crippen LogP contribution in [-0.2, 0) is 7.05 Å². The largest absolute Gasteiger partial charge is 0.364 e. The third-order valence-corrected chi connectivity index (χ3v) is 6.66. The molecule has 3 heterocycles. The molecule has 1 saturated carbocycles. The Hall–Kier alpha value is -3.82. The highest BCUT2D eigenvalue weighted by atomic mass is 19.3. The van der Waals surface area contributed by atoms with Crippen molar-refractivity contribution in [2.24, 2.45) is 18.7 Å². The van der Waals surface area contributed by atoms with Gasteiger partial charge in [0.05, 0.1) is 18.4 Å². The lowest BCUT2D eigenvalue weighted by Crippen LogP contribution is -2.48. The number of piperidine rings is 1. The number of rotatable bonds is 8. The molecule has 1 amide bonds. The van der Waals surface area contributed by atoms with E-state index in [2.05, 4.69) is 15.3 Å². The van der Waals surface area contributed by atoms with Gasteiger partial charge in [-0.05, 0) is 36.3 Å². The smallest absolute Gasteiger partial charge is 0.271 e. The van der Waals surface area contributed by atoms with E-state index >= 15 is 0 Å². The summed E-state index contributed by atoms with van der Waals surface area (Å²) in [7, 11) is 1.83. The van der Waals surface area contributed by atoms with E-state index in [1.54, 1.807) is 35.2 Å². The van der Waals surface area contributed by atoms with Gasteiger partial charge in [0.1, 0.15) is 5.82 Å². The van der Waals surface area contributed by atoms with Crippen LogP contribution in [0, 0.1) is 5.92 Å². The molecule has 2 fully saturated rings. The van der Waals surface area contributed by atoms with Crippen molar-refractivity contribution in [3.05, 3.63) is 65.7 Å². The highest BCUT2D eigenvalue weighted by molar-refractivity contribution is 5.97. The van der Waals surface area contributed by atoms with Crippen molar-refractivity contribution in [2.45, 2.75) is 37.5 Å². The molecule has 0 spiro atoms. The Bertz CT molecular complexity index is 1290. The molecule has 1 atom stereocenters. The van der Waals surface area contributed by atoms with Gasteiger partial charge in [-0.3, -0.25) is 9.59 Å². The summed E-state index contributed by atoms with van der Waals surface area (Å²) >= 11 is 0. The Morgan fingerprint density at radius 1 is 1.19 bits per heavy atom. The van der Waals surface area contributed by atoms with Crippen LogP contribution in [-0.4, -0.2) is 45.2 Å². The predicted octanol–water partition coefficient (Wildman–Crippen LogP) is 4.27. The maximum absolute atomic E-state index is 14.8. The second kappa shape index (κ2) is 9.33. The second-order valence-electron chi connectivity index (χ2n) is 9.81. The van der Waals surface area contributed by atoms with Gasteiger partial charge in [-0.15, -0.1) is 0 Å². The molecular weight excluding hydrogens is 466 g/mol. The van der Waals surface area contributed by atoms with Crippen molar-refractivity contribution >= 4 is 29.0 Å². The molecule has 1 unspecified atom stereocenters. The Balaban J connectivity index is 1.34. The van der Waals surface area contributed by atoms with E-state index in [0.717, 1.165) is 0 Å². The van der Waals surface area contributed by atoms with E-state index in [1.165, 1.54) is 29.5 Å². The van der Waals surface area contributed by atoms with Gasteiger partial charge in [0.15, 0.2) is 17.3 Å². The molecule has 10 heteroatoms. The average molecular weight is 495 g/mol. The predicted molar refractivity (Wildman–Crippen MR) is 132 cm³/mol. The Kier molecular flexibility index (Phi) is 6.19. The lowest BCUT2D eigenvalue weighted by atomic mass is 9.89. The van der Waals surface area contributed by atoms with Gasteiger partial charge in [0, 0.05) is 44.4 Å². The third kappa shape index (κ3) is 5.37. The average Bonchev–Trinajstić information content (AvgIpc) is 3.60. The fourth-order valence-corrected chi connectivity index (χ4v) is 4.77. The van der Waals surface area contributed by atoms with Crippen LogP contribution in [0.1, 0.15) is 58.0 Å². The quantitative estimate of drug-likeness (QED) is 0.453. The van der Waals surface area contributed by atoms with Gasteiger partial charge < -0.3 is 20.5 Å². The number of alkyl halides is 2. The summed E-state index contributed by atoms with van der Waals surface area (Å²) in [5.41, 5.74) is 7.77. The first kappa shape index (κ1) is 23.9. The van der Waals surface area contributed by atoms with E-state index in [4.69, 9.17) is 5.73 Å². The monoisotopic (exact) mass is 494 g/mol. The Morgan fingerprint density at radius 3 is 2.58 bits per heavy atom. The van der Waals surface area contributed by atoms with Crippen LogP contribution in [0.15, 0.2) is 48.9 Å². The Morgan fingerprint density at radius 2 is 1.94 bits per heavy atom. The minimum atomic E-state index is -3.00. The number of benzene rings is 1. The highest BCUT2D eigenvalue weighted by Crippen LogP contribution is 2.40. The molecule has 5 rings (SSSR count). The number of ketones is 1. The van der Waals surface area contributed by atoms with Crippen molar-refractivity contribution in [3.8, 4) is 0 Å². The van der Waals surface area contributed by atoms with Crippen LogP contribution in [0.3, 0.4) is 0 Å². The van der Waals surface area contributed by atoms with Crippen molar-refractivity contribution in [1.82, 2.24) is 14.5 Å². The van der Waals surface area contributed by atoms with Crippen molar-refractivity contribution in [1.29, 1.82) is 0 Å². The molecule has 2 aliphatic rings. The van der Waals surface area contributed by atoms with Gasteiger partial charge >= 0.3 is 0 Å². The van der Waals surface area contributed by atoms with E-state index in [9.17, 15) is 18.4 Å². The fraction of sp³-hybridized carbons (Fsp3) is 0.385. The molecule has 3 aromatic rings. The molecule has 1 aromatic carbocycles. The van der Waals surface area contributed by atoms with Gasteiger partial charge in [-0.1, -0.05) is 24.3 Å². The highest BCUT2D eigenvalue weighted by Gasteiger charge is 2.41. The van der Waals surface area contributed by atoms with Crippen molar-refractivity contribution < 1.29 is 18.4 Å². The van der Waals surface area contributed by atoms with Gasteiger partial charge in [-0.25, -0.2) is 18.7 Å². The van der Waals surface area contributed by atoms with Crippen LogP contribution < -0.4 is 16.0 Å². The third-order valence-electron chi connectivity index (χ3n) is 6.66. The summed E-state index contributed by atoms with van der Waals surface area (Å²) in [4.78, 5) is 34.7. The molecular formula is C26H28F2N6O2. The summed E-state index contributed by atoms with van der Waals surface area (Å²) in [6.07, 6.45) is 6.82. The van der Waals surface area contributed by atoms with Crippen LogP contribution in [0.25, 0.3) is 0 Å². The number of anilines is 3. The number of aryl methyl sites for hydroxylation is 1. The lowest BCUT2D eigenvalue weighted by Gasteiger charge is -2.38. The number of nitrogens with zero attached hydrogens (tertiary/aromatic N) is 4. The van der Waals surface area contributed by atoms with Crippen LogP contribution in [0.5, 0.6) is 0 Å². The van der Waals surface area contributed by atoms with Crippen LogP contribution >= 0.6 is 0 Å². The molecule has 188 valence electrons. The van der Waals surface area contributed by atoms with Crippen LogP contribution in [0.2, 0.25) is 0 Å². The summed E-state index contributed by atoms with van der Waals surface area (Å²) in [5, 5.41) is 2.99. The minimum absolute atomic E-state index is 0.0107. The zero-order valence-electron chi connectivity index (χ0n) is 20.0. The van der Waals surface area contributed by atoms with Gasteiger partial charge in [0.25, 0.3) is 11.8 Å². The van der Waals surface area contributed by atoms with Gasteiger partial charge in [-0.2, -0.15) is 0 Å². The topological polar surface area (TPSA) is 106 Å². The number of hydrogen-bond donors (Lipinski definition) is 2. The molecule has 0 radical (unpaired) electrons. The lowest BCUT2D eigenvalue weighted by molar-refractivity contribution is -0.0293.